The molecule has 0 unspecified atom stereocenters. The van der Waals surface area contributed by atoms with E-state index in [9.17, 15) is 18.8 Å². The van der Waals surface area contributed by atoms with E-state index in [1.807, 2.05) is 0 Å². The maximum absolute atomic E-state index is 14.6. The van der Waals surface area contributed by atoms with E-state index in [-0.39, 0.29) is 30.6 Å². The minimum absolute atomic E-state index is 0.0526. The highest BCUT2D eigenvalue weighted by Crippen LogP contribution is 2.57. The van der Waals surface area contributed by atoms with Gasteiger partial charge in [-0.05, 0) is 31.4 Å². The minimum atomic E-state index is -3.14. The van der Waals surface area contributed by atoms with Gasteiger partial charge in [-0.1, -0.05) is 0 Å². The predicted octanol–water partition coefficient (Wildman–Crippen LogP) is 1.54. The van der Waals surface area contributed by atoms with Gasteiger partial charge in [0.15, 0.2) is 0 Å². The molecule has 3 saturated carbocycles. The fraction of sp³-hybridized carbons (Fsp3) is 0.846. The van der Waals surface area contributed by atoms with Crippen LogP contribution in [0.3, 0.4) is 0 Å². The Hall–Kier alpha value is -0.753. The molecular formula is C13H21FO4Si. The fourth-order valence-corrected chi connectivity index (χ4v) is 6.56. The summed E-state index contributed by atoms with van der Waals surface area (Å²) in [5.41, 5.74) is -0.506. The molecule has 0 aromatic heterocycles. The van der Waals surface area contributed by atoms with Crippen molar-refractivity contribution in [3.8, 4) is 0 Å². The van der Waals surface area contributed by atoms with Crippen LogP contribution in [0.5, 0.6) is 0 Å². The quantitative estimate of drug-likeness (QED) is 0.486. The van der Waals surface area contributed by atoms with Crippen molar-refractivity contribution in [1.82, 2.24) is 0 Å². The fourth-order valence-electron chi connectivity index (χ4n) is 4.04. The summed E-state index contributed by atoms with van der Waals surface area (Å²) in [6.07, 6.45) is 0.787. The molecule has 0 aromatic rings. The van der Waals surface area contributed by atoms with Crippen LogP contribution < -0.4 is 0 Å². The molecule has 0 aromatic carbocycles. The van der Waals surface area contributed by atoms with E-state index in [4.69, 9.17) is 4.74 Å². The zero-order valence-electron chi connectivity index (χ0n) is 11.6. The molecule has 0 spiro atoms. The number of aliphatic hydroxyl groups excluding tert-OH is 1. The number of ketones is 1. The molecule has 108 valence electrons. The maximum Gasteiger partial charge on any atom is 0.309 e. The van der Waals surface area contributed by atoms with E-state index in [0.29, 0.717) is 6.42 Å². The molecule has 3 aliphatic carbocycles. The van der Waals surface area contributed by atoms with Crippen molar-refractivity contribution in [3.05, 3.63) is 0 Å². The number of carbonyl (C=O) groups is 2. The summed E-state index contributed by atoms with van der Waals surface area (Å²) in [5, 5.41) is 9.41. The Morgan fingerprint density at radius 2 is 2.16 bits per heavy atom. The van der Waals surface area contributed by atoms with Gasteiger partial charge in [0.1, 0.15) is 5.78 Å². The second-order valence-corrected chi connectivity index (χ2v) is 10.1. The van der Waals surface area contributed by atoms with Crippen LogP contribution in [0.25, 0.3) is 0 Å². The second kappa shape index (κ2) is 4.98. The summed E-state index contributed by atoms with van der Waals surface area (Å²) < 4.78 is 19.4. The van der Waals surface area contributed by atoms with E-state index in [1.54, 1.807) is 13.1 Å². The van der Waals surface area contributed by atoms with Crippen LogP contribution in [0.15, 0.2) is 0 Å². The number of carbonyl (C=O) groups excluding carboxylic acids is 2. The van der Waals surface area contributed by atoms with Crippen LogP contribution in [0.1, 0.15) is 12.8 Å². The van der Waals surface area contributed by atoms with E-state index in [0.717, 1.165) is 0 Å². The van der Waals surface area contributed by atoms with Crippen molar-refractivity contribution in [2.75, 3.05) is 13.7 Å². The molecule has 0 saturated heterocycles. The van der Waals surface area contributed by atoms with Gasteiger partial charge in [0.2, 0.25) is 8.41 Å². The first-order chi connectivity index (χ1) is 8.81. The van der Waals surface area contributed by atoms with Crippen molar-refractivity contribution < 1.29 is 23.5 Å². The van der Waals surface area contributed by atoms with Crippen LogP contribution in [0.4, 0.5) is 4.11 Å². The Kier molecular flexibility index (Phi) is 3.84. The van der Waals surface area contributed by atoms with Gasteiger partial charge >= 0.3 is 5.97 Å². The molecular weight excluding hydrogens is 267 g/mol. The zero-order chi connectivity index (χ0) is 14.4. The number of aliphatic hydroxyl groups is 1. The number of Topliss-reactive ketones (excluding diaryl/α,β-unsaturated/α-hetero) is 1. The first-order valence-corrected chi connectivity index (χ1v) is 9.67. The van der Waals surface area contributed by atoms with Gasteiger partial charge in [-0.15, -0.1) is 0 Å². The van der Waals surface area contributed by atoms with Crippen molar-refractivity contribution in [2.24, 2.45) is 23.7 Å². The van der Waals surface area contributed by atoms with E-state index >= 15 is 0 Å². The number of rotatable bonds is 3. The molecule has 0 amide bonds. The highest BCUT2D eigenvalue weighted by molar-refractivity contribution is 6.72. The van der Waals surface area contributed by atoms with Crippen molar-refractivity contribution in [1.29, 1.82) is 0 Å². The zero-order valence-corrected chi connectivity index (χ0v) is 12.6. The lowest BCUT2D eigenvalue weighted by atomic mass is 9.58. The first-order valence-electron chi connectivity index (χ1n) is 6.71. The Bertz CT molecular complexity index is 393. The number of halogens is 1. The van der Waals surface area contributed by atoms with Crippen molar-refractivity contribution >= 4 is 20.2 Å². The van der Waals surface area contributed by atoms with Gasteiger partial charge in [0, 0.05) is 24.5 Å². The van der Waals surface area contributed by atoms with E-state index < -0.39 is 31.8 Å². The Morgan fingerprint density at radius 1 is 1.53 bits per heavy atom. The standard InChI is InChI=1S/C13H21FO4Si/c1-18-13(17)11-8-5-10(16)9(4-7(8)6-15)12(11)19(2,3)14/h7-9,11-12,15H,4-6H2,1-3H3/t7-,8+,9+,11+,12+/m1/s1. The van der Waals surface area contributed by atoms with E-state index in [1.165, 1.54) is 7.11 Å². The number of methoxy groups -OCH3 is 1. The van der Waals surface area contributed by atoms with Gasteiger partial charge in [-0.25, -0.2) is 0 Å². The molecule has 2 bridgehead atoms. The van der Waals surface area contributed by atoms with Crippen molar-refractivity contribution in [2.45, 2.75) is 31.5 Å². The van der Waals surface area contributed by atoms with Crippen LogP contribution in [-0.4, -0.2) is 39.0 Å². The highest BCUT2D eigenvalue weighted by Gasteiger charge is 2.60. The summed E-state index contributed by atoms with van der Waals surface area (Å²) in [6, 6.07) is 0. The summed E-state index contributed by atoms with van der Waals surface area (Å²) in [7, 11) is -1.84. The number of hydrogen-bond acceptors (Lipinski definition) is 4. The molecule has 0 radical (unpaired) electrons. The van der Waals surface area contributed by atoms with Gasteiger partial charge in [0.05, 0.1) is 13.0 Å². The molecule has 6 heteroatoms. The molecule has 4 nitrogen and oxygen atoms in total. The van der Waals surface area contributed by atoms with Gasteiger partial charge in [-0.3, -0.25) is 9.59 Å². The molecule has 3 rings (SSSR count). The van der Waals surface area contributed by atoms with Crippen molar-refractivity contribution in [3.63, 3.8) is 0 Å². The van der Waals surface area contributed by atoms with Crippen LogP contribution >= 0.6 is 0 Å². The monoisotopic (exact) mass is 288 g/mol. The lowest BCUT2D eigenvalue weighted by molar-refractivity contribution is -0.157. The number of esters is 1. The summed E-state index contributed by atoms with van der Waals surface area (Å²) >= 11 is 0. The second-order valence-electron chi connectivity index (χ2n) is 6.26. The third kappa shape index (κ3) is 2.36. The average molecular weight is 288 g/mol. The molecule has 1 N–H and O–H groups in total. The Labute approximate surface area is 113 Å². The lowest BCUT2D eigenvalue weighted by Crippen LogP contribution is -2.56. The van der Waals surface area contributed by atoms with Crippen LogP contribution in [0.2, 0.25) is 18.6 Å². The Morgan fingerprint density at radius 3 is 2.63 bits per heavy atom. The van der Waals surface area contributed by atoms with E-state index in [2.05, 4.69) is 0 Å². The van der Waals surface area contributed by atoms with Crippen LogP contribution in [-0.2, 0) is 14.3 Å². The molecule has 0 heterocycles. The Balaban J connectivity index is 2.41. The lowest BCUT2D eigenvalue weighted by Gasteiger charge is -2.52. The topological polar surface area (TPSA) is 63.6 Å². The predicted molar refractivity (Wildman–Crippen MR) is 69.6 cm³/mol. The molecule has 0 aliphatic heterocycles. The summed E-state index contributed by atoms with van der Waals surface area (Å²) in [4.78, 5) is 24.1. The summed E-state index contributed by atoms with van der Waals surface area (Å²) in [6.45, 7) is 3.05. The molecule has 3 fully saturated rings. The minimum Gasteiger partial charge on any atom is -0.469 e. The first kappa shape index (κ1) is 14.7. The summed E-state index contributed by atoms with van der Waals surface area (Å²) in [5.74, 6) is -1.70. The normalized spacial score (nSPS) is 38.4. The number of ether oxygens (including phenoxy) is 1. The SMILES string of the molecule is COC(=O)[C@H]1[C@H]2CC(=O)[C@H](C[C@@H]2CO)[C@@H]1[Si](C)(C)F. The average Bonchev–Trinajstić information content (AvgIpc) is 2.35. The maximum atomic E-state index is 14.6. The van der Waals surface area contributed by atoms with Gasteiger partial charge < -0.3 is 14.0 Å². The third-order valence-corrected chi connectivity index (χ3v) is 7.14. The molecule has 19 heavy (non-hydrogen) atoms. The largest absolute Gasteiger partial charge is 0.469 e. The highest BCUT2D eigenvalue weighted by atomic mass is 28.4. The van der Waals surface area contributed by atoms with Gasteiger partial charge in [0.25, 0.3) is 0 Å². The smallest absolute Gasteiger partial charge is 0.309 e. The van der Waals surface area contributed by atoms with Crippen LogP contribution in [0, 0.1) is 23.7 Å². The molecule has 3 aliphatic rings. The number of fused-ring (bicyclic) bond motifs is 3. The number of hydrogen-bond donors (Lipinski definition) is 1. The third-order valence-electron chi connectivity index (χ3n) is 4.79. The molecule has 5 atom stereocenters. The van der Waals surface area contributed by atoms with Gasteiger partial charge in [-0.2, -0.15) is 0 Å².